The number of imidazole rings is 1. The molecule has 1 aromatic carbocycles. The minimum atomic E-state index is -0.473. The Bertz CT molecular complexity index is 867. The van der Waals surface area contributed by atoms with Crippen LogP contribution in [0.4, 0.5) is 11.4 Å². The molecule has 0 aliphatic rings. The fraction of sp³-hybridized carbons (Fsp3) is 0.500. The van der Waals surface area contributed by atoms with Crippen molar-refractivity contribution in [3.05, 3.63) is 36.4 Å². The Morgan fingerprint density at radius 1 is 1.17 bits per heavy atom. The van der Waals surface area contributed by atoms with Gasteiger partial charge in [0.1, 0.15) is 23.8 Å². The van der Waals surface area contributed by atoms with Gasteiger partial charge in [-0.25, -0.2) is 13.9 Å². The highest BCUT2D eigenvalue weighted by molar-refractivity contribution is 6.42. The summed E-state index contributed by atoms with van der Waals surface area (Å²) in [5, 5.41) is 6.29. The highest BCUT2D eigenvalue weighted by atomic mass is 16.5. The smallest absolute Gasteiger partial charge is 0.367 e. The molecular formula is C22H34N5O3+. The zero-order chi connectivity index (χ0) is 22.3. The van der Waals surface area contributed by atoms with Gasteiger partial charge >= 0.3 is 11.8 Å². The van der Waals surface area contributed by atoms with Crippen molar-refractivity contribution in [1.82, 2.24) is 4.57 Å². The summed E-state index contributed by atoms with van der Waals surface area (Å²) in [7, 11) is 5.54. The molecule has 0 spiro atoms. The first kappa shape index (κ1) is 23.3. The van der Waals surface area contributed by atoms with Gasteiger partial charge in [-0.15, -0.1) is 0 Å². The third kappa shape index (κ3) is 5.11. The molecule has 0 radical (unpaired) electrons. The molecule has 30 heavy (non-hydrogen) atoms. The Balaban J connectivity index is 2.53. The molecule has 2 rings (SSSR count). The Hall–Kier alpha value is -3.03. The topological polar surface area (TPSA) is 63.2 Å². The van der Waals surface area contributed by atoms with E-state index in [1.165, 1.54) is 0 Å². The second kappa shape index (κ2) is 10.7. The molecule has 0 aliphatic heterocycles. The number of hydrazone groups is 1. The van der Waals surface area contributed by atoms with Crippen LogP contribution in [0.3, 0.4) is 0 Å². The van der Waals surface area contributed by atoms with E-state index in [0.29, 0.717) is 18.2 Å². The summed E-state index contributed by atoms with van der Waals surface area (Å²) in [6.07, 6.45) is 3.74. The van der Waals surface area contributed by atoms with Gasteiger partial charge in [0.2, 0.25) is 0 Å². The number of anilines is 2. The number of aryl methyl sites for hydroxylation is 2. The molecule has 2 aromatic rings. The number of benzene rings is 1. The SMILES string of the molecule is CCOC(=O)/C(=N\N(C)c1ccc(N(CC)CC)cc1OCC)c1n(C)cc[n+]1C. The van der Waals surface area contributed by atoms with Crippen molar-refractivity contribution < 1.29 is 18.8 Å². The summed E-state index contributed by atoms with van der Waals surface area (Å²) in [6.45, 7) is 10.6. The van der Waals surface area contributed by atoms with E-state index in [1.807, 2.05) is 60.7 Å². The van der Waals surface area contributed by atoms with E-state index in [2.05, 4.69) is 23.8 Å². The lowest BCUT2D eigenvalue weighted by atomic mass is 10.2. The summed E-state index contributed by atoms with van der Waals surface area (Å²) in [6, 6.07) is 6.03. The van der Waals surface area contributed by atoms with Crippen molar-refractivity contribution in [3.8, 4) is 5.75 Å². The van der Waals surface area contributed by atoms with Gasteiger partial charge in [0.25, 0.3) is 5.71 Å². The third-order valence-electron chi connectivity index (χ3n) is 4.83. The first-order chi connectivity index (χ1) is 14.4. The van der Waals surface area contributed by atoms with Gasteiger partial charge in [0, 0.05) is 31.9 Å². The van der Waals surface area contributed by atoms with Crippen LogP contribution < -0.4 is 19.2 Å². The van der Waals surface area contributed by atoms with Gasteiger partial charge in [-0.1, -0.05) is 0 Å². The van der Waals surface area contributed by atoms with Crippen molar-refractivity contribution in [2.45, 2.75) is 27.7 Å². The lowest BCUT2D eigenvalue weighted by Crippen LogP contribution is -2.39. The van der Waals surface area contributed by atoms with E-state index in [4.69, 9.17) is 9.47 Å². The molecule has 0 amide bonds. The Kier molecular flexibility index (Phi) is 8.26. The van der Waals surface area contributed by atoms with Crippen molar-refractivity contribution in [2.75, 3.05) is 43.3 Å². The second-order valence-electron chi connectivity index (χ2n) is 6.79. The van der Waals surface area contributed by atoms with Gasteiger partial charge in [-0.3, -0.25) is 5.01 Å². The Morgan fingerprint density at radius 3 is 2.40 bits per heavy atom. The average molecular weight is 417 g/mol. The van der Waals surface area contributed by atoms with Crippen LogP contribution in [0.5, 0.6) is 5.75 Å². The number of aromatic nitrogens is 2. The normalized spacial score (nSPS) is 11.4. The van der Waals surface area contributed by atoms with Crippen LogP contribution in [-0.4, -0.2) is 49.6 Å². The van der Waals surface area contributed by atoms with Crippen LogP contribution in [0.15, 0.2) is 35.7 Å². The van der Waals surface area contributed by atoms with E-state index >= 15 is 0 Å². The molecule has 8 heteroatoms. The number of carbonyl (C=O) groups is 1. The molecule has 0 aliphatic carbocycles. The molecule has 8 nitrogen and oxygen atoms in total. The highest BCUT2D eigenvalue weighted by Crippen LogP contribution is 2.33. The Morgan fingerprint density at radius 2 is 1.87 bits per heavy atom. The summed E-state index contributed by atoms with van der Waals surface area (Å²) in [5.74, 6) is 0.894. The van der Waals surface area contributed by atoms with Gasteiger partial charge in [-0.05, 0) is 39.8 Å². The summed E-state index contributed by atoms with van der Waals surface area (Å²) in [5.41, 5.74) is 2.08. The Labute approximate surface area is 179 Å². The highest BCUT2D eigenvalue weighted by Gasteiger charge is 2.29. The van der Waals surface area contributed by atoms with Gasteiger partial charge < -0.3 is 14.4 Å². The first-order valence-electron chi connectivity index (χ1n) is 10.4. The van der Waals surface area contributed by atoms with Crippen LogP contribution in [0.2, 0.25) is 0 Å². The molecule has 0 atom stereocenters. The maximum absolute atomic E-state index is 12.7. The molecule has 164 valence electrons. The van der Waals surface area contributed by atoms with E-state index in [1.54, 1.807) is 19.0 Å². The maximum atomic E-state index is 12.7. The fourth-order valence-corrected chi connectivity index (χ4v) is 3.33. The first-order valence-corrected chi connectivity index (χ1v) is 10.4. The molecule has 1 aromatic heterocycles. The van der Waals surface area contributed by atoms with Crippen LogP contribution in [0, 0.1) is 0 Å². The quantitative estimate of drug-likeness (QED) is 0.258. The third-order valence-corrected chi connectivity index (χ3v) is 4.83. The van der Waals surface area contributed by atoms with E-state index in [9.17, 15) is 4.79 Å². The van der Waals surface area contributed by atoms with Crippen molar-refractivity contribution in [3.63, 3.8) is 0 Å². The summed E-state index contributed by atoms with van der Waals surface area (Å²) >= 11 is 0. The predicted molar refractivity (Wildman–Crippen MR) is 119 cm³/mol. The lowest BCUT2D eigenvalue weighted by Gasteiger charge is -2.24. The molecule has 0 saturated carbocycles. The molecular weight excluding hydrogens is 382 g/mol. The van der Waals surface area contributed by atoms with Crippen molar-refractivity contribution in [2.24, 2.45) is 19.2 Å². The molecule has 0 N–H and O–H groups in total. The second-order valence-corrected chi connectivity index (χ2v) is 6.79. The molecule has 0 saturated heterocycles. The van der Waals surface area contributed by atoms with Crippen LogP contribution in [0.25, 0.3) is 0 Å². The monoisotopic (exact) mass is 416 g/mol. The molecule has 0 unspecified atom stereocenters. The van der Waals surface area contributed by atoms with Crippen molar-refractivity contribution >= 4 is 23.1 Å². The number of esters is 1. The van der Waals surface area contributed by atoms with Gasteiger partial charge in [0.05, 0.1) is 27.3 Å². The summed E-state index contributed by atoms with van der Waals surface area (Å²) < 4.78 is 14.9. The minimum Gasteiger partial charge on any atom is -0.492 e. The van der Waals surface area contributed by atoms with Crippen LogP contribution in [-0.2, 0) is 23.6 Å². The fourth-order valence-electron chi connectivity index (χ4n) is 3.33. The number of ether oxygens (including phenoxy) is 2. The lowest BCUT2D eigenvalue weighted by molar-refractivity contribution is -0.672. The zero-order valence-electron chi connectivity index (χ0n) is 19.2. The number of hydrogen-bond donors (Lipinski definition) is 0. The number of nitrogens with zero attached hydrogens (tertiary/aromatic N) is 5. The average Bonchev–Trinajstić information content (AvgIpc) is 3.05. The van der Waals surface area contributed by atoms with Gasteiger partial charge in [0.15, 0.2) is 0 Å². The van der Waals surface area contributed by atoms with Crippen LogP contribution >= 0.6 is 0 Å². The molecule has 0 bridgehead atoms. The molecule has 0 fully saturated rings. The molecule has 1 heterocycles. The zero-order valence-corrected chi connectivity index (χ0v) is 19.2. The number of rotatable bonds is 10. The summed E-state index contributed by atoms with van der Waals surface area (Å²) in [4.78, 5) is 15.0. The van der Waals surface area contributed by atoms with E-state index < -0.39 is 5.97 Å². The number of carbonyl (C=O) groups excluding carboxylic acids is 1. The van der Waals surface area contributed by atoms with Gasteiger partial charge in [-0.2, -0.15) is 5.10 Å². The van der Waals surface area contributed by atoms with Crippen molar-refractivity contribution in [1.29, 1.82) is 0 Å². The standard InChI is InChI=1S/C22H34N5O3/c1-8-27(9-2)17-12-13-18(19(16-17)29-10-3)26(7)23-20(22(28)30-11-4)21-24(5)14-15-25(21)6/h12-16H,8-11H2,1-7H3/q+1. The van der Waals surface area contributed by atoms with Crippen LogP contribution in [0.1, 0.15) is 33.5 Å². The van der Waals surface area contributed by atoms with E-state index in [0.717, 1.165) is 24.5 Å². The van der Waals surface area contributed by atoms with E-state index in [-0.39, 0.29) is 12.3 Å². The number of hydrogen-bond acceptors (Lipinski definition) is 6. The largest absolute Gasteiger partial charge is 0.492 e. The minimum absolute atomic E-state index is 0.226. The maximum Gasteiger partial charge on any atom is 0.367 e. The predicted octanol–water partition coefficient (Wildman–Crippen LogP) is 2.50.